The number of thiophene rings is 1. The van der Waals surface area contributed by atoms with Crippen molar-refractivity contribution in [1.82, 2.24) is 25.6 Å². The lowest BCUT2D eigenvalue weighted by molar-refractivity contribution is 0.0953. The van der Waals surface area contributed by atoms with Gasteiger partial charge in [-0.15, -0.1) is 11.3 Å². The summed E-state index contributed by atoms with van der Waals surface area (Å²) in [5.74, 6) is 1.37. The molecule has 0 saturated heterocycles. The molecule has 4 heterocycles. The quantitative estimate of drug-likeness (QED) is 0.417. The summed E-state index contributed by atoms with van der Waals surface area (Å²) in [4.78, 5) is 23.6. The third-order valence-corrected chi connectivity index (χ3v) is 5.62. The number of rotatable bonds is 7. The summed E-state index contributed by atoms with van der Waals surface area (Å²) < 4.78 is 10.5. The van der Waals surface area contributed by atoms with Crippen LogP contribution in [0.2, 0.25) is 0 Å². The Bertz CT molecular complexity index is 1210. The maximum absolute atomic E-state index is 12.3. The molecule has 4 aromatic rings. The molecule has 160 valence electrons. The van der Waals surface area contributed by atoms with Crippen molar-refractivity contribution in [2.24, 2.45) is 0 Å². The summed E-state index contributed by atoms with van der Waals surface area (Å²) in [7, 11) is 0. The fraction of sp³-hybridized carbons (Fsp3) is 0.286. The van der Waals surface area contributed by atoms with Crippen molar-refractivity contribution in [2.75, 3.05) is 18.4 Å². The Hall–Kier alpha value is -3.53. The van der Waals surface area contributed by atoms with E-state index in [0.29, 0.717) is 41.8 Å². The highest BCUT2D eigenvalue weighted by atomic mass is 32.1. The first-order valence-electron chi connectivity index (χ1n) is 9.75. The minimum atomic E-state index is -0.218. The van der Waals surface area contributed by atoms with Crippen LogP contribution in [0.3, 0.4) is 0 Å². The second kappa shape index (κ2) is 8.68. The van der Waals surface area contributed by atoms with Crippen molar-refractivity contribution >= 4 is 23.2 Å². The maximum Gasteiger partial charge on any atom is 0.256 e. The van der Waals surface area contributed by atoms with E-state index < -0.39 is 0 Å². The molecule has 0 saturated carbocycles. The molecule has 4 aromatic heterocycles. The zero-order valence-electron chi connectivity index (χ0n) is 17.6. The van der Waals surface area contributed by atoms with Gasteiger partial charge in [0.05, 0.1) is 27.5 Å². The van der Waals surface area contributed by atoms with Gasteiger partial charge in [-0.05, 0) is 39.8 Å². The highest BCUT2D eigenvalue weighted by molar-refractivity contribution is 7.15. The van der Waals surface area contributed by atoms with Gasteiger partial charge < -0.3 is 19.7 Å². The predicted molar refractivity (Wildman–Crippen MR) is 117 cm³/mol. The zero-order chi connectivity index (χ0) is 22.0. The van der Waals surface area contributed by atoms with Crippen molar-refractivity contribution in [3.8, 4) is 21.9 Å². The van der Waals surface area contributed by atoms with E-state index in [1.165, 1.54) is 4.88 Å². The third kappa shape index (κ3) is 4.48. The van der Waals surface area contributed by atoms with Gasteiger partial charge in [-0.3, -0.25) is 4.79 Å². The van der Waals surface area contributed by atoms with Crippen LogP contribution in [0.5, 0.6) is 0 Å². The van der Waals surface area contributed by atoms with Crippen LogP contribution in [-0.2, 0) is 0 Å². The molecule has 31 heavy (non-hydrogen) atoms. The van der Waals surface area contributed by atoms with Crippen LogP contribution in [0.25, 0.3) is 21.9 Å². The van der Waals surface area contributed by atoms with Gasteiger partial charge >= 0.3 is 0 Å². The Kier molecular flexibility index (Phi) is 5.81. The van der Waals surface area contributed by atoms with Gasteiger partial charge in [0.1, 0.15) is 11.3 Å². The van der Waals surface area contributed by atoms with Gasteiger partial charge in [0.2, 0.25) is 5.95 Å². The van der Waals surface area contributed by atoms with E-state index >= 15 is 0 Å². The van der Waals surface area contributed by atoms with Crippen LogP contribution in [-0.4, -0.2) is 39.3 Å². The van der Waals surface area contributed by atoms with E-state index in [-0.39, 0.29) is 5.91 Å². The van der Waals surface area contributed by atoms with Crippen LogP contribution in [0.1, 0.15) is 32.4 Å². The number of anilines is 1. The van der Waals surface area contributed by atoms with E-state index in [1.54, 1.807) is 31.4 Å². The summed E-state index contributed by atoms with van der Waals surface area (Å²) >= 11 is 1.65. The molecular formula is C21H22N6O3S. The van der Waals surface area contributed by atoms with Crippen LogP contribution in [0, 0.1) is 27.7 Å². The maximum atomic E-state index is 12.3. The molecular weight excluding hydrogens is 416 g/mol. The van der Waals surface area contributed by atoms with Crippen LogP contribution in [0.4, 0.5) is 5.95 Å². The van der Waals surface area contributed by atoms with Gasteiger partial charge in [-0.1, -0.05) is 10.3 Å². The summed E-state index contributed by atoms with van der Waals surface area (Å²) in [6, 6.07) is 5.94. The predicted octanol–water partition coefficient (Wildman–Crippen LogP) is 3.92. The van der Waals surface area contributed by atoms with Crippen molar-refractivity contribution in [1.29, 1.82) is 0 Å². The highest BCUT2D eigenvalue weighted by Crippen LogP contribution is 2.35. The van der Waals surface area contributed by atoms with Crippen molar-refractivity contribution in [2.45, 2.75) is 27.7 Å². The Morgan fingerprint density at radius 2 is 1.94 bits per heavy atom. The molecule has 0 atom stereocenters. The number of aromatic nitrogens is 4. The Morgan fingerprint density at radius 1 is 1.10 bits per heavy atom. The molecule has 1 amide bonds. The standard InChI is InChI=1S/C21H22N6O3S/c1-11-9-16(30-26-11)15-10-24-21(25-19(15)17-6-5-12(2)31-17)23-8-7-22-20(28)18-13(3)27-29-14(18)4/h5-6,9-10H,7-8H2,1-4H3,(H,22,28)(H,23,24,25). The number of carbonyl (C=O) groups is 1. The number of nitrogens with one attached hydrogen (secondary N) is 2. The third-order valence-electron chi connectivity index (χ3n) is 4.61. The van der Waals surface area contributed by atoms with E-state index in [1.807, 2.05) is 19.1 Å². The molecule has 0 fully saturated rings. The van der Waals surface area contributed by atoms with Crippen LogP contribution < -0.4 is 10.6 Å². The van der Waals surface area contributed by atoms with E-state index in [4.69, 9.17) is 14.0 Å². The second-order valence-corrected chi connectivity index (χ2v) is 8.37. The van der Waals surface area contributed by atoms with Gasteiger partial charge in [-0.25, -0.2) is 9.97 Å². The average molecular weight is 439 g/mol. The molecule has 0 unspecified atom stereocenters. The average Bonchev–Trinajstić information content (AvgIpc) is 3.45. The Morgan fingerprint density at radius 3 is 2.58 bits per heavy atom. The van der Waals surface area contributed by atoms with Gasteiger partial charge in [0.25, 0.3) is 5.91 Å². The topological polar surface area (TPSA) is 119 Å². The van der Waals surface area contributed by atoms with Gasteiger partial charge in [0, 0.05) is 30.2 Å². The molecule has 0 aliphatic heterocycles. The fourth-order valence-electron chi connectivity index (χ4n) is 3.13. The first-order chi connectivity index (χ1) is 14.9. The molecule has 0 bridgehead atoms. The zero-order valence-corrected chi connectivity index (χ0v) is 18.5. The SMILES string of the molecule is Cc1cc(-c2cnc(NCCNC(=O)c3c(C)noc3C)nc2-c2ccc(C)s2)on1. The molecule has 0 radical (unpaired) electrons. The van der Waals surface area contributed by atoms with E-state index in [2.05, 4.69) is 38.9 Å². The molecule has 0 aliphatic carbocycles. The molecule has 0 spiro atoms. The summed E-state index contributed by atoms with van der Waals surface area (Å²) in [6.07, 6.45) is 1.72. The van der Waals surface area contributed by atoms with Crippen LogP contribution >= 0.6 is 11.3 Å². The fourth-order valence-corrected chi connectivity index (χ4v) is 4.00. The van der Waals surface area contributed by atoms with Crippen molar-refractivity contribution < 1.29 is 13.8 Å². The van der Waals surface area contributed by atoms with E-state index in [0.717, 1.165) is 21.8 Å². The first-order valence-corrected chi connectivity index (χ1v) is 10.6. The summed E-state index contributed by atoms with van der Waals surface area (Å²) in [6.45, 7) is 8.22. The van der Waals surface area contributed by atoms with Crippen molar-refractivity contribution in [3.63, 3.8) is 0 Å². The summed E-state index contributed by atoms with van der Waals surface area (Å²) in [5, 5.41) is 13.8. The summed E-state index contributed by atoms with van der Waals surface area (Å²) in [5.41, 5.74) is 3.38. The minimum Gasteiger partial charge on any atom is -0.361 e. The lowest BCUT2D eigenvalue weighted by Gasteiger charge is -2.09. The number of amides is 1. The van der Waals surface area contributed by atoms with Crippen molar-refractivity contribution in [3.05, 3.63) is 52.0 Å². The number of hydrogen-bond donors (Lipinski definition) is 2. The first kappa shape index (κ1) is 20.7. The lowest BCUT2D eigenvalue weighted by atomic mass is 10.1. The highest BCUT2D eigenvalue weighted by Gasteiger charge is 2.18. The Labute approximate surface area is 182 Å². The van der Waals surface area contributed by atoms with Gasteiger partial charge in [-0.2, -0.15) is 0 Å². The smallest absolute Gasteiger partial charge is 0.256 e. The van der Waals surface area contributed by atoms with E-state index in [9.17, 15) is 4.79 Å². The molecule has 0 aromatic carbocycles. The number of carbonyl (C=O) groups excluding carboxylic acids is 1. The molecule has 2 N–H and O–H groups in total. The Balaban J connectivity index is 1.47. The molecule has 9 nitrogen and oxygen atoms in total. The number of hydrogen-bond acceptors (Lipinski definition) is 9. The normalized spacial score (nSPS) is 11.0. The lowest BCUT2D eigenvalue weighted by Crippen LogP contribution is -2.29. The number of nitrogens with zero attached hydrogens (tertiary/aromatic N) is 4. The molecule has 4 rings (SSSR count). The van der Waals surface area contributed by atoms with Gasteiger partial charge in [0.15, 0.2) is 5.76 Å². The van der Waals surface area contributed by atoms with Crippen LogP contribution in [0.15, 0.2) is 33.4 Å². The monoisotopic (exact) mass is 438 g/mol. The number of aryl methyl sites for hydroxylation is 4. The minimum absolute atomic E-state index is 0.218. The molecule has 0 aliphatic rings. The molecule has 10 heteroatoms. The second-order valence-electron chi connectivity index (χ2n) is 7.08. The largest absolute Gasteiger partial charge is 0.361 e.